The summed E-state index contributed by atoms with van der Waals surface area (Å²) in [6, 6.07) is 6.62. The molecular formula is C12H11FN6. The molecule has 0 unspecified atom stereocenters. The summed E-state index contributed by atoms with van der Waals surface area (Å²) in [4.78, 5) is 3.12. The Morgan fingerprint density at radius 1 is 1.37 bits per heavy atom. The van der Waals surface area contributed by atoms with E-state index in [1.165, 1.54) is 12.1 Å². The van der Waals surface area contributed by atoms with Crippen LogP contribution in [0.4, 0.5) is 10.2 Å². The summed E-state index contributed by atoms with van der Waals surface area (Å²) in [5.41, 5.74) is 1.79. The minimum absolute atomic E-state index is 0.270. The average molecular weight is 258 g/mol. The lowest BCUT2D eigenvalue weighted by atomic mass is 10.1. The molecule has 7 heteroatoms. The zero-order valence-corrected chi connectivity index (χ0v) is 10.2. The van der Waals surface area contributed by atoms with Gasteiger partial charge in [-0.3, -0.25) is 15.6 Å². The molecule has 2 N–H and O–H groups in total. The highest BCUT2D eigenvalue weighted by molar-refractivity contribution is 5.80. The van der Waals surface area contributed by atoms with Crippen LogP contribution >= 0.6 is 0 Å². The first-order valence-corrected chi connectivity index (χ1v) is 5.76. The van der Waals surface area contributed by atoms with E-state index in [4.69, 9.17) is 0 Å². The van der Waals surface area contributed by atoms with Crippen molar-refractivity contribution in [3.05, 3.63) is 41.5 Å². The summed E-state index contributed by atoms with van der Waals surface area (Å²) in [7, 11) is 0. The van der Waals surface area contributed by atoms with Gasteiger partial charge in [0.2, 0.25) is 0 Å². The maximum Gasteiger partial charge on any atom is 0.273 e. The number of fused-ring (bicyclic) bond motifs is 1. The molecule has 3 rings (SSSR count). The number of anilines is 1. The molecular weight excluding hydrogens is 247 g/mol. The van der Waals surface area contributed by atoms with Gasteiger partial charge in [0, 0.05) is 17.5 Å². The Bertz CT molecular complexity index is 710. The maximum absolute atomic E-state index is 13.2. The summed E-state index contributed by atoms with van der Waals surface area (Å²) in [6.07, 6.45) is 0. The number of H-pyrrole nitrogens is 1. The molecule has 96 valence electrons. The number of aryl methyl sites for hydroxylation is 1. The summed E-state index contributed by atoms with van der Waals surface area (Å²) < 4.78 is 13.2. The van der Waals surface area contributed by atoms with Gasteiger partial charge in [-0.25, -0.2) is 9.37 Å². The molecule has 6 nitrogen and oxygen atoms in total. The Kier molecular flexibility index (Phi) is 2.79. The molecule has 0 radical (unpaired) electrons. The Morgan fingerprint density at radius 3 is 3.05 bits per heavy atom. The van der Waals surface area contributed by atoms with Crippen molar-refractivity contribution in [2.75, 3.05) is 5.32 Å². The predicted octanol–water partition coefficient (Wildman–Crippen LogP) is 0.856. The highest BCUT2D eigenvalue weighted by Crippen LogP contribution is 2.17. The van der Waals surface area contributed by atoms with Gasteiger partial charge in [0.25, 0.3) is 5.82 Å². The van der Waals surface area contributed by atoms with E-state index in [2.05, 4.69) is 30.9 Å². The van der Waals surface area contributed by atoms with Crippen molar-refractivity contribution in [1.29, 1.82) is 0 Å². The van der Waals surface area contributed by atoms with Gasteiger partial charge in [-0.2, -0.15) is 5.21 Å². The predicted molar refractivity (Wildman–Crippen MR) is 65.7 cm³/mol. The van der Waals surface area contributed by atoms with Crippen LogP contribution in [-0.4, -0.2) is 15.5 Å². The minimum atomic E-state index is -0.270. The fourth-order valence-corrected chi connectivity index (χ4v) is 1.94. The zero-order chi connectivity index (χ0) is 13.2. The van der Waals surface area contributed by atoms with Crippen LogP contribution in [0.5, 0.6) is 0 Å². The Balaban J connectivity index is 1.91. The Morgan fingerprint density at radius 2 is 2.26 bits per heavy atom. The minimum Gasteiger partial charge on any atom is -0.331 e. The van der Waals surface area contributed by atoms with Crippen LogP contribution in [0.15, 0.2) is 24.3 Å². The number of aromatic nitrogens is 5. The van der Waals surface area contributed by atoms with Gasteiger partial charge >= 0.3 is 0 Å². The zero-order valence-electron chi connectivity index (χ0n) is 10.2. The van der Waals surface area contributed by atoms with E-state index < -0.39 is 0 Å². The second kappa shape index (κ2) is 4.60. The number of nitrogens with one attached hydrogen (secondary N) is 2. The smallest absolute Gasteiger partial charge is 0.273 e. The first-order valence-electron chi connectivity index (χ1n) is 5.76. The van der Waals surface area contributed by atoms with E-state index in [0.717, 1.165) is 22.3 Å². The van der Waals surface area contributed by atoms with Gasteiger partial charge in [-0.05, 0) is 24.6 Å². The topological polar surface area (TPSA) is 78.9 Å². The largest absolute Gasteiger partial charge is 0.331 e. The summed E-state index contributed by atoms with van der Waals surface area (Å²) in [6.45, 7) is 2.38. The molecule has 2 heterocycles. The lowest BCUT2D eigenvalue weighted by molar-refractivity contribution is -0.327. The lowest BCUT2D eigenvalue weighted by Gasteiger charge is -2.03. The van der Waals surface area contributed by atoms with Gasteiger partial charge in [0.15, 0.2) is 0 Å². The molecule has 0 fully saturated rings. The molecule has 0 aliphatic carbocycles. The van der Waals surface area contributed by atoms with Gasteiger partial charge in [0.05, 0.1) is 5.82 Å². The van der Waals surface area contributed by atoms with Crippen LogP contribution in [0.1, 0.15) is 11.4 Å². The molecule has 1 aromatic carbocycles. The second-order valence-electron chi connectivity index (χ2n) is 4.20. The third kappa shape index (κ3) is 2.35. The highest BCUT2D eigenvalue weighted by atomic mass is 19.1. The highest BCUT2D eigenvalue weighted by Gasteiger charge is 2.08. The Hall–Kier alpha value is -2.57. The SMILES string of the molecule is Cc1cc(NCc2nnn[n-]2)[nH+]c2cc(F)ccc12. The molecule has 0 aliphatic heterocycles. The third-order valence-corrected chi connectivity index (χ3v) is 2.83. The number of benzene rings is 1. The number of hydrogen-bond donors (Lipinski definition) is 1. The van der Waals surface area contributed by atoms with Crippen LogP contribution < -0.4 is 15.4 Å². The normalized spacial score (nSPS) is 10.8. The van der Waals surface area contributed by atoms with Crippen molar-refractivity contribution in [1.82, 2.24) is 20.6 Å². The molecule has 0 spiro atoms. The van der Waals surface area contributed by atoms with Crippen LogP contribution in [0.2, 0.25) is 0 Å². The molecule has 0 bridgehead atoms. The van der Waals surface area contributed by atoms with Crippen molar-refractivity contribution in [2.24, 2.45) is 0 Å². The molecule has 0 amide bonds. The number of halogens is 1. The standard InChI is InChI=1S/C12H10FN6/c1-7-4-11(14-6-12-16-18-19-17-12)15-10-5-8(13)2-3-9(7)10/h2-5H,6H2,1H3,(H-,14,15,16,17,18,19)/q-1/p+1. The number of nitrogens with zero attached hydrogens (tertiary/aromatic N) is 4. The first kappa shape index (κ1) is 11.5. The van der Waals surface area contributed by atoms with E-state index in [1.807, 2.05) is 13.0 Å². The number of tetrazole rings is 1. The maximum atomic E-state index is 13.2. The third-order valence-electron chi connectivity index (χ3n) is 2.83. The van der Waals surface area contributed by atoms with Crippen molar-refractivity contribution < 1.29 is 9.37 Å². The van der Waals surface area contributed by atoms with E-state index in [0.29, 0.717) is 12.4 Å². The lowest BCUT2D eigenvalue weighted by Crippen LogP contribution is -2.15. The molecule has 0 saturated heterocycles. The van der Waals surface area contributed by atoms with Crippen molar-refractivity contribution in [3.63, 3.8) is 0 Å². The molecule has 19 heavy (non-hydrogen) atoms. The summed E-state index contributed by atoms with van der Waals surface area (Å²) in [5.74, 6) is 0.999. The van der Waals surface area contributed by atoms with Crippen LogP contribution in [0, 0.1) is 12.7 Å². The van der Waals surface area contributed by atoms with E-state index in [9.17, 15) is 4.39 Å². The number of hydrogen-bond acceptors (Lipinski definition) is 4. The first-order chi connectivity index (χ1) is 9.22. The van der Waals surface area contributed by atoms with Crippen LogP contribution in [0.3, 0.4) is 0 Å². The molecule has 0 atom stereocenters. The molecule has 2 aromatic heterocycles. The van der Waals surface area contributed by atoms with Gasteiger partial charge in [-0.1, -0.05) is 0 Å². The fraction of sp³-hybridized carbons (Fsp3) is 0.167. The average Bonchev–Trinajstić information content (AvgIpc) is 2.89. The molecule has 0 aliphatic rings. The van der Waals surface area contributed by atoms with Crippen molar-refractivity contribution in [2.45, 2.75) is 13.5 Å². The van der Waals surface area contributed by atoms with E-state index in [-0.39, 0.29) is 5.82 Å². The van der Waals surface area contributed by atoms with Crippen molar-refractivity contribution >= 4 is 16.7 Å². The van der Waals surface area contributed by atoms with Crippen molar-refractivity contribution in [3.8, 4) is 0 Å². The van der Waals surface area contributed by atoms with E-state index >= 15 is 0 Å². The summed E-state index contributed by atoms with van der Waals surface area (Å²) >= 11 is 0. The van der Waals surface area contributed by atoms with Crippen LogP contribution in [-0.2, 0) is 6.54 Å². The monoisotopic (exact) mass is 258 g/mol. The molecule has 3 aromatic rings. The number of aromatic amines is 1. The van der Waals surface area contributed by atoms with Gasteiger partial charge in [0.1, 0.15) is 17.9 Å². The van der Waals surface area contributed by atoms with Gasteiger partial charge in [-0.15, -0.1) is 0 Å². The van der Waals surface area contributed by atoms with E-state index in [1.54, 1.807) is 6.07 Å². The molecule has 0 saturated carbocycles. The summed E-state index contributed by atoms with van der Waals surface area (Å²) in [5, 5.41) is 18.4. The number of rotatable bonds is 3. The fourth-order valence-electron chi connectivity index (χ4n) is 1.94. The van der Waals surface area contributed by atoms with Gasteiger partial charge < -0.3 is 5.10 Å². The second-order valence-corrected chi connectivity index (χ2v) is 4.20. The Labute approximate surface area is 108 Å². The quantitative estimate of drug-likeness (QED) is 0.753. The number of pyridine rings is 1. The van der Waals surface area contributed by atoms with Crippen LogP contribution in [0.25, 0.3) is 10.9 Å².